The van der Waals surface area contributed by atoms with Crippen LogP contribution in [0.3, 0.4) is 0 Å². The molecule has 0 atom stereocenters. The van der Waals surface area contributed by atoms with Crippen molar-refractivity contribution in [2.45, 2.75) is 6.92 Å². The van der Waals surface area contributed by atoms with Crippen molar-refractivity contribution < 1.29 is 9.53 Å². The van der Waals surface area contributed by atoms with Gasteiger partial charge in [0.2, 0.25) is 5.91 Å². The number of rotatable bonds is 7. The van der Waals surface area contributed by atoms with Crippen molar-refractivity contribution in [2.75, 3.05) is 26.3 Å². The van der Waals surface area contributed by atoms with Gasteiger partial charge in [-0.3, -0.25) is 4.79 Å². The molecule has 0 spiro atoms. The number of amides is 1. The highest BCUT2D eigenvalue weighted by molar-refractivity contribution is 6.25. The summed E-state index contributed by atoms with van der Waals surface area (Å²) in [5, 5.41) is 3.08. The van der Waals surface area contributed by atoms with Gasteiger partial charge in [-0.25, -0.2) is 0 Å². The monoisotopic (exact) mass is 206 g/mol. The van der Waals surface area contributed by atoms with Crippen LogP contribution in [0.15, 0.2) is 11.1 Å². The second-order valence-corrected chi connectivity index (χ2v) is 2.87. The number of nitrogens with two attached hydrogens (primary N) is 1. The van der Waals surface area contributed by atoms with Gasteiger partial charge in [-0.15, -0.1) is 0 Å². The zero-order valence-electron chi connectivity index (χ0n) is 7.68. The molecule has 0 heterocycles. The van der Waals surface area contributed by atoms with Crippen LogP contribution in [0.25, 0.3) is 0 Å². The lowest BCUT2D eigenvalue weighted by molar-refractivity contribution is -0.122. The normalized spacial score (nSPS) is 11.7. The Morgan fingerprint density at radius 2 is 2.38 bits per heavy atom. The van der Waals surface area contributed by atoms with Crippen molar-refractivity contribution in [1.82, 2.24) is 5.32 Å². The van der Waals surface area contributed by atoms with Crippen LogP contribution in [0.2, 0.25) is 0 Å². The largest absolute Gasteiger partial charge is 0.370 e. The molecule has 0 bridgehead atoms. The van der Waals surface area contributed by atoms with E-state index in [-0.39, 0.29) is 6.61 Å². The molecule has 5 heteroatoms. The average molecular weight is 207 g/mol. The van der Waals surface area contributed by atoms with Crippen LogP contribution >= 0.6 is 11.6 Å². The van der Waals surface area contributed by atoms with E-state index in [0.29, 0.717) is 13.2 Å². The van der Waals surface area contributed by atoms with Gasteiger partial charge in [-0.05, 0) is 12.5 Å². The molecule has 0 aliphatic heterocycles. The summed E-state index contributed by atoms with van der Waals surface area (Å²) in [6, 6.07) is 0. The Bertz CT molecular complexity index is 183. The van der Waals surface area contributed by atoms with E-state index >= 15 is 0 Å². The fourth-order valence-electron chi connectivity index (χ4n) is 0.641. The van der Waals surface area contributed by atoms with Crippen LogP contribution in [-0.4, -0.2) is 32.2 Å². The summed E-state index contributed by atoms with van der Waals surface area (Å²) in [7, 11) is 0. The van der Waals surface area contributed by atoms with E-state index in [1.54, 1.807) is 0 Å². The summed E-state index contributed by atoms with van der Waals surface area (Å²) < 4.78 is 4.92. The minimum absolute atomic E-state index is 0.0218. The quantitative estimate of drug-likeness (QED) is 0.586. The Balaban J connectivity index is 3.13. The Morgan fingerprint density at radius 3 is 2.92 bits per heavy atom. The van der Waals surface area contributed by atoms with Gasteiger partial charge in [0.15, 0.2) is 0 Å². The minimum atomic E-state index is -0.447. The number of hydrogen-bond donors (Lipinski definition) is 2. The van der Waals surface area contributed by atoms with Crippen molar-refractivity contribution in [1.29, 1.82) is 0 Å². The second-order valence-electron chi connectivity index (χ2n) is 2.65. The van der Waals surface area contributed by atoms with Crippen molar-refractivity contribution in [3.05, 3.63) is 11.1 Å². The van der Waals surface area contributed by atoms with Crippen LogP contribution < -0.4 is 11.1 Å². The molecule has 0 rings (SSSR count). The molecule has 0 aromatic heterocycles. The first-order chi connectivity index (χ1) is 6.16. The Labute approximate surface area is 83.1 Å². The van der Waals surface area contributed by atoms with Crippen LogP contribution in [0, 0.1) is 0 Å². The van der Waals surface area contributed by atoms with Crippen molar-refractivity contribution in [3.8, 4) is 0 Å². The van der Waals surface area contributed by atoms with E-state index in [1.807, 2.05) is 6.92 Å². The maximum Gasteiger partial charge on any atom is 0.243 e. The predicted octanol–water partition coefficient (Wildman–Crippen LogP) is 0.221. The first-order valence-electron chi connectivity index (χ1n) is 3.99. The van der Waals surface area contributed by atoms with Crippen molar-refractivity contribution in [3.63, 3.8) is 0 Å². The molecular formula is C8H15ClN2O2. The fraction of sp³-hybridized carbons (Fsp3) is 0.625. The zero-order chi connectivity index (χ0) is 10.1. The first kappa shape index (κ1) is 12.4. The van der Waals surface area contributed by atoms with Gasteiger partial charge in [-0.2, -0.15) is 0 Å². The standard InChI is InChI=1S/C8H15ClN2O2/c1-7(4-9)5-11-2-3-13-6-8(10)12/h4,11H,2-3,5-6H2,1H3,(H2,10,12). The van der Waals surface area contributed by atoms with E-state index in [4.69, 9.17) is 22.1 Å². The smallest absolute Gasteiger partial charge is 0.243 e. The maximum atomic E-state index is 10.2. The third-order valence-electron chi connectivity index (χ3n) is 1.26. The first-order valence-corrected chi connectivity index (χ1v) is 4.43. The van der Waals surface area contributed by atoms with Gasteiger partial charge >= 0.3 is 0 Å². The van der Waals surface area contributed by atoms with E-state index in [9.17, 15) is 4.79 Å². The number of carbonyl (C=O) groups excluding carboxylic acids is 1. The van der Waals surface area contributed by atoms with Crippen LogP contribution in [-0.2, 0) is 9.53 Å². The third-order valence-corrected chi connectivity index (χ3v) is 1.63. The van der Waals surface area contributed by atoms with E-state index in [2.05, 4.69) is 5.32 Å². The van der Waals surface area contributed by atoms with Gasteiger partial charge in [0.1, 0.15) is 6.61 Å². The highest BCUT2D eigenvalue weighted by atomic mass is 35.5. The fourth-order valence-corrected chi connectivity index (χ4v) is 0.718. The summed E-state index contributed by atoms with van der Waals surface area (Å²) in [5.41, 5.74) is 7.44. The number of carbonyl (C=O) groups is 1. The predicted molar refractivity (Wildman–Crippen MR) is 52.5 cm³/mol. The van der Waals surface area contributed by atoms with E-state index < -0.39 is 5.91 Å². The molecule has 0 saturated carbocycles. The SMILES string of the molecule is CC(=CCl)CNCCOCC(N)=O. The van der Waals surface area contributed by atoms with Crippen LogP contribution in [0.4, 0.5) is 0 Å². The van der Waals surface area contributed by atoms with Gasteiger partial charge in [-0.1, -0.05) is 11.6 Å². The highest BCUT2D eigenvalue weighted by Gasteiger charge is 1.93. The molecule has 4 nitrogen and oxygen atoms in total. The summed E-state index contributed by atoms with van der Waals surface area (Å²) in [6.45, 7) is 3.77. The molecule has 0 aromatic carbocycles. The van der Waals surface area contributed by atoms with Gasteiger partial charge in [0.25, 0.3) is 0 Å². The lowest BCUT2D eigenvalue weighted by Crippen LogP contribution is -2.24. The second kappa shape index (κ2) is 8.04. The lowest BCUT2D eigenvalue weighted by atomic mass is 10.3. The molecule has 3 N–H and O–H groups in total. The van der Waals surface area contributed by atoms with E-state index in [0.717, 1.165) is 12.1 Å². The maximum absolute atomic E-state index is 10.2. The number of nitrogens with one attached hydrogen (secondary N) is 1. The molecule has 0 saturated heterocycles. The van der Waals surface area contributed by atoms with E-state index in [1.165, 1.54) is 5.54 Å². The number of hydrogen-bond acceptors (Lipinski definition) is 3. The highest BCUT2D eigenvalue weighted by Crippen LogP contribution is 1.91. The Morgan fingerprint density at radius 1 is 1.69 bits per heavy atom. The molecule has 13 heavy (non-hydrogen) atoms. The molecule has 0 aromatic rings. The summed E-state index contributed by atoms with van der Waals surface area (Å²) in [5.74, 6) is -0.447. The number of primary amides is 1. The molecule has 0 unspecified atom stereocenters. The van der Waals surface area contributed by atoms with Gasteiger partial charge < -0.3 is 15.8 Å². The molecule has 76 valence electrons. The molecular weight excluding hydrogens is 192 g/mol. The van der Waals surface area contributed by atoms with Crippen molar-refractivity contribution >= 4 is 17.5 Å². The summed E-state index contributed by atoms with van der Waals surface area (Å²) >= 11 is 5.44. The number of ether oxygens (including phenoxy) is 1. The average Bonchev–Trinajstić information content (AvgIpc) is 2.10. The van der Waals surface area contributed by atoms with Gasteiger partial charge in [0, 0.05) is 18.6 Å². The molecule has 0 radical (unpaired) electrons. The molecule has 0 aliphatic rings. The molecule has 0 fully saturated rings. The Kier molecular flexibility index (Phi) is 7.68. The molecule has 0 aliphatic carbocycles. The zero-order valence-corrected chi connectivity index (χ0v) is 8.43. The summed E-state index contributed by atoms with van der Waals surface area (Å²) in [6.07, 6.45) is 0. The lowest BCUT2D eigenvalue weighted by Gasteiger charge is -2.04. The Hall–Kier alpha value is -0.580. The number of halogens is 1. The molecule has 1 amide bonds. The topological polar surface area (TPSA) is 64.3 Å². The minimum Gasteiger partial charge on any atom is -0.370 e. The summed E-state index contributed by atoms with van der Waals surface area (Å²) in [4.78, 5) is 10.2. The van der Waals surface area contributed by atoms with Crippen LogP contribution in [0.1, 0.15) is 6.92 Å². The van der Waals surface area contributed by atoms with Crippen LogP contribution in [0.5, 0.6) is 0 Å². The third kappa shape index (κ3) is 9.33. The van der Waals surface area contributed by atoms with Gasteiger partial charge in [0.05, 0.1) is 6.61 Å². The van der Waals surface area contributed by atoms with Crippen molar-refractivity contribution in [2.24, 2.45) is 5.73 Å².